The van der Waals surface area contributed by atoms with Crippen LogP contribution in [0.4, 0.5) is 0 Å². The molecule has 5 heteroatoms. The van der Waals surface area contributed by atoms with Crippen LogP contribution in [0.3, 0.4) is 0 Å². The van der Waals surface area contributed by atoms with Crippen molar-refractivity contribution < 1.29 is 9.84 Å². The van der Waals surface area contributed by atoms with Crippen LogP contribution in [-0.2, 0) is 16.8 Å². The average Bonchev–Trinajstić information content (AvgIpc) is 2.92. The maximum atomic E-state index is 10.8. The summed E-state index contributed by atoms with van der Waals surface area (Å²) in [6.07, 6.45) is 4.57. The van der Waals surface area contributed by atoms with E-state index >= 15 is 0 Å². The van der Waals surface area contributed by atoms with Crippen LogP contribution in [0.1, 0.15) is 57.8 Å². The minimum atomic E-state index is -1.02. The van der Waals surface area contributed by atoms with Crippen molar-refractivity contribution in [3.8, 4) is 0 Å². The molecule has 1 atom stereocenters. The number of hydrogen-bond acceptors (Lipinski definition) is 4. The van der Waals surface area contributed by atoms with Gasteiger partial charge in [0.25, 0.3) is 0 Å². The van der Waals surface area contributed by atoms with Crippen molar-refractivity contribution in [1.29, 1.82) is 0 Å². The average molecular weight is 329 g/mol. The highest BCUT2D eigenvalue weighted by Crippen LogP contribution is 2.36. The Labute approximate surface area is 143 Å². The van der Waals surface area contributed by atoms with E-state index in [4.69, 9.17) is 4.74 Å². The highest BCUT2D eigenvalue weighted by molar-refractivity contribution is 5.20. The smallest absolute Gasteiger partial charge is 0.114 e. The van der Waals surface area contributed by atoms with Crippen LogP contribution in [0.2, 0.25) is 0 Å². The summed E-state index contributed by atoms with van der Waals surface area (Å²) in [5.74, 6) is 0. The summed E-state index contributed by atoms with van der Waals surface area (Å²) in [7, 11) is 0. The molecule has 1 aromatic heterocycles. The summed E-state index contributed by atoms with van der Waals surface area (Å²) in [6.45, 7) is 8.03. The van der Waals surface area contributed by atoms with Crippen LogP contribution in [0.15, 0.2) is 36.5 Å². The molecule has 0 radical (unpaired) electrons. The fraction of sp³-hybridized carbons (Fsp3) is 0.579. The van der Waals surface area contributed by atoms with Crippen molar-refractivity contribution in [2.24, 2.45) is 0 Å². The van der Waals surface area contributed by atoms with Gasteiger partial charge >= 0.3 is 0 Å². The molecular weight excluding hydrogens is 302 g/mol. The molecule has 24 heavy (non-hydrogen) atoms. The Kier molecular flexibility index (Phi) is 4.49. The summed E-state index contributed by atoms with van der Waals surface area (Å²) < 4.78 is 7.84. The Morgan fingerprint density at radius 2 is 1.83 bits per heavy atom. The highest BCUT2D eigenvalue weighted by Gasteiger charge is 2.36. The first-order valence-corrected chi connectivity index (χ1v) is 8.59. The van der Waals surface area contributed by atoms with Crippen LogP contribution in [0.5, 0.6) is 0 Å². The number of hydrogen-bond donors (Lipinski definition) is 1. The van der Waals surface area contributed by atoms with Gasteiger partial charge in [0.05, 0.1) is 23.9 Å². The number of aromatic nitrogens is 3. The van der Waals surface area contributed by atoms with Gasteiger partial charge in [-0.15, -0.1) is 5.10 Å². The number of ether oxygens (including phenoxy) is 1. The second-order valence-corrected chi connectivity index (χ2v) is 8.00. The fourth-order valence-electron chi connectivity index (χ4n) is 3.14. The van der Waals surface area contributed by atoms with Crippen molar-refractivity contribution in [3.05, 3.63) is 47.8 Å². The lowest BCUT2D eigenvalue weighted by Gasteiger charge is -2.38. The SMILES string of the molecule is CC(C)(C)OC1CC(n2cc(C(C)(O)Cc3ccccc3)nn2)C1. The van der Waals surface area contributed by atoms with Crippen LogP contribution in [-0.4, -0.2) is 31.8 Å². The van der Waals surface area contributed by atoms with Gasteiger partial charge in [0.15, 0.2) is 0 Å². The highest BCUT2D eigenvalue weighted by atomic mass is 16.5. The molecule has 1 saturated carbocycles. The van der Waals surface area contributed by atoms with Crippen LogP contribution in [0.25, 0.3) is 0 Å². The lowest BCUT2D eigenvalue weighted by atomic mass is 9.88. The van der Waals surface area contributed by atoms with Gasteiger partial charge in [0.1, 0.15) is 11.3 Å². The third-order valence-corrected chi connectivity index (χ3v) is 4.42. The van der Waals surface area contributed by atoms with Crippen molar-refractivity contribution in [1.82, 2.24) is 15.0 Å². The maximum absolute atomic E-state index is 10.8. The molecule has 0 amide bonds. The van der Waals surface area contributed by atoms with E-state index in [1.165, 1.54) is 0 Å². The number of nitrogens with zero attached hydrogens (tertiary/aromatic N) is 3. The number of benzene rings is 1. The van der Waals surface area contributed by atoms with E-state index in [2.05, 4.69) is 31.1 Å². The maximum Gasteiger partial charge on any atom is 0.114 e. The standard InChI is InChI=1S/C19H27N3O2/c1-18(2,3)24-16-10-15(11-16)22-13-17(20-21-22)19(4,23)12-14-8-6-5-7-9-14/h5-9,13,15-16,23H,10-12H2,1-4H3. The van der Waals surface area contributed by atoms with Gasteiger partial charge in [0.2, 0.25) is 0 Å². The van der Waals surface area contributed by atoms with E-state index in [1.54, 1.807) is 6.92 Å². The molecule has 0 saturated heterocycles. The minimum absolute atomic E-state index is 0.109. The largest absolute Gasteiger partial charge is 0.383 e. The molecule has 0 spiro atoms. The summed E-state index contributed by atoms with van der Waals surface area (Å²) in [4.78, 5) is 0. The van der Waals surface area contributed by atoms with Crippen molar-refractivity contribution in [2.45, 2.75) is 70.3 Å². The third-order valence-electron chi connectivity index (χ3n) is 4.42. The summed E-state index contributed by atoms with van der Waals surface area (Å²) in [5, 5.41) is 19.2. The molecule has 130 valence electrons. The quantitative estimate of drug-likeness (QED) is 0.915. The third kappa shape index (κ3) is 4.02. The lowest BCUT2D eigenvalue weighted by molar-refractivity contribution is -0.110. The van der Waals surface area contributed by atoms with Gasteiger partial charge in [0, 0.05) is 6.42 Å². The lowest BCUT2D eigenvalue weighted by Crippen LogP contribution is -2.38. The first kappa shape index (κ1) is 17.1. The van der Waals surface area contributed by atoms with Gasteiger partial charge in [-0.1, -0.05) is 35.5 Å². The topological polar surface area (TPSA) is 60.2 Å². The predicted molar refractivity (Wildman–Crippen MR) is 92.6 cm³/mol. The van der Waals surface area contributed by atoms with Crippen LogP contribution in [0, 0.1) is 0 Å². The monoisotopic (exact) mass is 329 g/mol. The van der Waals surface area contributed by atoms with E-state index in [0.717, 1.165) is 18.4 Å². The van der Waals surface area contributed by atoms with E-state index in [0.29, 0.717) is 18.2 Å². The minimum Gasteiger partial charge on any atom is -0.383 e. The zero-order valence-electron chi connectivity index (χ0n) is 14.9. The van der Waals surface area contributed by atoms with Crippen LogP contribution >= 0.6 is 0 Å². The predicted octanol–water partition coefficient (Wildman–Crippen LogP) is 3.25. The van der Waals surface area contributed by atoms with E-state index < -0.39 is 5.60 Å². The van der Waals surface area contributed by atoms with Crippen molar-refractivity contribution >= 4 is 0 Å². The zero-order chi connectivity index (χ0) is 17.4. The Bertz CT molecular complexity index is 667. The van der Waals surface area contributed by atoms with Crippen molar-refractivity contribution in [3.63, 3.8) is 0 Å². The molecule has 1 N–H and O–H groups in total. The Balaban J connectivity index is 1.62. The second-order valence-electron chi connectivity index (χ2n) is 8.00. The van der Waals surface area contributed by atoms with Crippen LogP contribution < -0.4 is 0 Å². The second kappa shape index (κ2) is 6.30. The first-order valence-electron chi connectivity index (χ1n) is 8.59. The Morgan fingerprint density at radius 1 is 1.17 bits per heavy atom. The number of rotatable bonds is 5. The number of aliphatic hydroxyl groups is 1. The first-order chi connectivity index (χ1) is 11.2. The molecule has 1 heterocycles. The molecule has 0 bridgehead atoms. The van der Waals surface area contributed by atoms with Gasteiger partial charge in [-0.25, -0.2) is 4.68 Å². The fourth-order valence-corrected chi connectivity index (χ4v) is 3.14. The normalized spacial score (nSPS) is 23.5. The molecule has 1 fully saturated rings. The molecule has 1 aliphatic rings. The van der Waals surface area contributed by atoms with E-state index in [-0.39, 0.29) is 11.7 Å². The molecule has 1 aliphatic carbocycles. The summed E-state index contributed by atoms with van der Waals surface area (Å²) in [6, 6.07) is 10.3. The summed E-state index contributed by atoms with van der Waals surface area (Å²) in [5.41, 5.74) is 0.568. The molecule has 5 nitrogen and oxygen atoms in total. The van der Waals surface area contributed by atoms with Crippen molar-refractivity contribution in [2.75, 3.05) is 0 Å². The van der Waals surface area contributed by atoms with Gasteiger partial charge in [-0.3, -0.25) is 0 Å². The molecule has 3 rings (SSSR count). The van der Waals surface area contributed by atoms with E-state index in [1.807, 2.05) is 41.2 Å². The molecule has 2 aromatic rings. The molecule has 1 aromatic carbocycles. The molecular formula is C19H27N3O2. The Morgan fingerprint density at radius 3 is 2.46 bits per heavy atom. The van der Waals surface area contributed by atoms with Gasteiger partial charge in [-0.2, -0.15) is 0 Å². The zero-order valence-corrected chi connectivity index (χ0v) is 14.9. The van der Waals surface area contributed by atoms with Gasteiger partial charge in [-0.05, 0) is 46.1 Å². The molecule has 1 unspecified atom stereocenters. The Hall–Kier alpha value is -1.72. The molecule has 0 aliphatic heterocycles. The van der Waals surface area contributed by atoms with Gasteiger partial charge < -0.3 is 9.84 Å². The van der Waals surface area contributed by atoms with E-state index in [9.17, 15) is 5.11 Å². The summed E-state index contributed by atoms with van der Waals surface area (Å²) >= 11 is 0.